The minimum absolute atomic E-state index is 0.235. The molecule has 0 atom stereocenters. The average Bonchev–Trinajstić information content (AvgIpc) is 2.97. The van der Waals surface area contributed by atoms with Crippen LogP contribution in [0.3, 0.4) is 0 Å². The molecule has 3 aromatic heterocycles. The van der Waals surface area contributed by atoms with Crippen molar-refractivity contribution in [2.24, 2.45) is 0 Å². The van der Waals surface area contributed by atoms with Crippen LogP contribution in [-0.2, 0) is 0 Å². The van der Waals surface area contributed by atoms with Crippen LogP contribution >= 0.6 is 0 Å². The van der Waals surface area contributed by atoms with E-state index in [1.54, 1.807) is 30.7 Å². The molecule has 6 heteroatoms. The Morgan fingerprint density at radius 1 is 1.14 bits per heavy atom. The van der Waals surface area contributed by atoms with Gasteiger partial charge in [0.25, 0.3) is 5.91 Å². The molecule has 0 aliphatic carbocycles. The van der Waals surface area contributed by atoms with E-state index in [1.807, 2.05) is 25.1 Å². The van der Waals surface area contributed by atoms with Gasteiger partial charge in [0, 0.05) is 18.1 Å². The monoisotopic (exact) mass is 279 g/mol. The molecule has 2 N–H and O–H groups in total. The SMILES string of the molecule is Cc1ccc(C(=O)Nc2cn[nH]c2-c2ccccn2)cn1. The Kier molecular flexibility index (Phi) is 3.42. The highest BCUT2D eigenvalue weighted by molar-refractivity contribution is 6.05. The Morgan fingerprint density at radius 2 is 2.05 bits per heavy atom. The number of pyridine rings is 2. The summed E-state index contributed by atoms with van der Waals surface area (Å²) < 4.78 is 0. The maximum atomic E-state index is 12.2. The van der Waals surface area contributed by atoms with Crippen molar-refractivity contribution < 1.29 is 4.79 Å². The van der Waals surface area contributed by atoms with Crippen LogP contribution in [0, 0.1) is 6.92 Å². The minimum Gasteiger partial charge on any atom is -0.319 e. The highest BCUT2D eigenvalue weighted by Gasteiger charge is 2.13. The van der Waals surface area contributed by atoms with Crippen molar-refractivity contribution in [1.29, 1.82) is 0 Å². The van der Waals surface area contributed by atoms with Crippen molar-refractivity contribution in [3.05, 3.63) is 60.2 Å². The van der Waals surface area contributed by atoms with Crippen LogP contribution in [-0.4, -0.2) is 26.1 Å². The van der Waals surface area contributed by atoms with Crippen LogP contribution in [0.1, 0.15) is 16.1 Å². The average molecular weight is 279 g/mol. The van der Waals surface area contributed by atoms with Crippen molar-refractivity contribution in [1.82, 2.24) is 20.2 Å². The first-order valence-electron chi connectivity index (χ1n) is 6.43. The molecule has 21 heavy (non-hydrogen) atoms. The molecule has 0 radical (unpaired) electrons. The number of nitrogens with one attached hydrogen (secondary N) is 2. The molecular formula is C15H13N5O. The van der Waals surface area contributed by atoms with Gasteiger partial charge in [-0.3, -0.25) is 19.9 Å². The smallest absolute Gasteiger partial charge is 0.257 e. The van der Waals surface area contributed by atoms with Crippen LogP contribution in [0.25, 0.3) is 11.4 Å². The molecule has 0 bridgehead atoms. The van der Waals surface area contributed by atoms with E-state index in [1.165, 1.54) is 0 Å². The van der Waals surface area contributed by atoms with Gasteiger partial charge in [0.05, 0.1) is 23.1 Å². The number of hydrogen-bond acceptors (Lipinski definition) is 4. The van der Waals surface area contributed by atoms with Crippen molar-refractivity contribution in [3.63, 3.8) is 0 Å². The number of nitrogens with zero attached hydrogens (tertiary/aromatic N) is 3. The van der Waals surface area contributed by atoms with Gasteiger partial charge in [-0.15, -0.1) is 0 Å². The summed E-state index contributed by atoms with van der Waals surface area (Å²) in [4.78, 5) is 20.5. The lowest BCUT2D eigenvalue weighted by molar-refractivity contribution is 0.102. The zero-order chi connectivity index (χ0) is 14.7. The third kappa shape index (κ3) is 2.79. The topological polar surface area (TPSA) is 83.6 Å². The highest BCUT2D eigenvalue weighted by atomic mass is 16.1. The second-order valence-electron chi connectivity index (χ2n) is 4.52. The molecule has 3 heterocycles. The summed E-state index contributed by atoms with van der Waals surface area (Å²) >= 11 is 0. The van der Waals surface area contributed by atoms with Gasteiger partial charge in [0.1, 0.15) is 5.69 Å². The Balaban J connectivity index is 1.85. The standard InChI is InChI=1S/C15H13N5O/c1-10-5-6-11(8-17-10)15(21)19-13-9-18-20-14(13)12-4-2-3-7-16-12/h2-9H,1H3,(H,18,20)(H,19,21). The molecule has 0 fully saturated rings. The maximum absolute atomic E-state index is 12.2. The summed E-state index contributed by atoms with van der Waals surface area (Å²) in [5.41, 5.74) is 3.33. The molecule has 0 saturated carbocycles. The Labute approximate surface area is 121 Å². The molecule has 0 aromatic carbocycles. The van der Waals surface area contributed by atoms with E-state index in [2.05, 4.69) is 25.5 Å². The second-order valence-corrected chi connectivity index (χ2v) is 4.52. The predicted octanol–water partition coefficient (Wildman–Crippen LogP) is 2.43. The molecule has 0 unspecified atom stereocenters. The van der Waals surface area contributed by atoms with Gasteiger partial charge in [-0.2, -0.15) is 5.10 Å². The van der Waals surface area contributed by atoms with E-state index in [0.29, 0.717) is 22.6 Å². The van der Waals surface area contributed by atoms with Gasteiger partial charge >= 0.3 is 0 Å². The largest absolute Gasteiger partial charge is 0.319 e. The number of carbonyl (C=O) groups excluding carboxylic acids is 1. The molecule has 0 spiro atoms. The summed E-state index contributed by atoms with van der Waals surface area (Å²) in [5, 5.41) is 9.62. The molecule has 104 valence electrons. The summed E-state index contributed by atoms with van der Waals surface area (Å²) in [5.74, 6) is -0.235. The van der Waals surface area contributed by atoms with E-state index < -0.39 is 0 Å². The number of hydrogen-bond donors (Lipinski definition) is 2. The van der Waals surface area contributed by atoms with Gasteiger partial charge in [-0.1, -0.05) is 6.07 Å². The fourth-order valence-corrected chi connectivity index (χ4v) is 1.88. The highest BCUT2D eigenvalue weighted by Crippen LogP contribution is 2.23. The van der Waals surface area contributed by atoms with Crippen molar-refractivity contribution in [2.45, 2.75) is 6.92 Å². The first-order valence-corrected chi connectivity index (χ1v) is 6.43. The number of aromatic amines is 1. The summed E-state index contributed by atoms with van der Waals surface area (Å²) in [6.07, 6.45) is 4.79. The second kappa shape index (κ2) is 5.54. The van der Waals surface area contributed by atoms with E-state index in [4.69, 9.17) is 0 Å². The Bertz CT molecular complexity index is 749. The number of amides is 1. The van der Waals surface area contributed by atoms with Crippen LogP contribution < -0.4 is 5.32 Å². The summed E-state index contributed by atoms with van der Waals surface area (Å²) in [6, 6.07) is 9.08. The van der Waals surface area contributed by atoms with Crippen LogP contribution in [0.5, 0.6) is 0 Å². The van der Waals surface area contributed by atoms with E-state index in [9.17, 15) is 4.79 Å². The van der Waals surface area contributed by atoms with Gasteiger partial charge in [-0.25, -0.2) is 0 Å². The molecule has 1 amide bonds. The summed E-state index contributed by atoms with van der Waals surface area (Å²) in [6.45, 7) is 1.87. The molecular weight excluding hydrogens is 266 g/mol. The van der Waals surface area contributed by atoms with Crippen molar-refractivity contribution >= 4 is 11.6 Å². The van der Waals surface area contributed by atoms with Crippen LogP contribution in [0.4, 0.5) is 5.69 Å². The first-order chi connectivity index (χ1) is 10.2. The fraction of sp³-hybridized carbons (Fsp3) is 0.0667. The molecule has 3 aromatic rings. The third-order valence-corrected chi connectivity index (χ3v) is 2.98. The maximum Gasteiger partial charge on any atom is 0.257 e. The molecule has 6 nitrogen and oxygen atoms in total. The van der Waals surface area contributed by atoms with Gasteiger partial charge in [0.2, 0.25) is 0 Å². The number of rotatable bonds is 3. The normalized spacial score (nSPS) is 10.3. The zero-order valence-corrected chi connectivity index (χ0v) is 11.4. The summed E-state index contributed by atoms with van der Waals surface area (Å²) in [7, 11) is 0. The van der Waals surface area contributed by atoms with Gasteiger partial charge in [0.15, 0.2) is 0 Å². The number of carbonyl (C=O) groups is 1. The molecule has 0 aliphatic heterocycles. The first kappa shape index (κ1) is 13.0. The Hall–Kier alpha value is -3.02. The van der Waals surface area contributed by atoms with E-state index in [-0.39, 0.29) is 5.91 Å². The van der Waals surface area contributed by atoms with Crippen LogP contribution in [0.2, 0.25) is 0 Å². The lowest BCUT2D eigenvalue weighted by Crippen LogP contribution is -2.12. The number of aryl methyl sites for hydroxylation is 1. The predicted molar refractivity (Wildman–Crippen MR) is 78.7 cm³/mol. The van der Waals surface area contributed by atoms with Crippen molar-refractivity contribution in [3.8, 4) is 11.4 Å². The van der Waals surface area contributed by atoms with Gasteiger partial charge in [-0.05, 0) is 31.2 Å². The molecule has 0 aliphatic rings. The quantitative estimate of drug-likeness (QED) is 0.771. The van der Waals surface area contributed by atoms with Gasteiger partial charge < -0.3 is 5.32 Å². The molecule has 3 rings (SSSR count). The van der Waals surface area contributed by atoms with E-state index in [0.717, 1.165) is 5.69 Å². The number of anilines is 1. The lowest BCUT2D eigenvalue weighted by atomic mass is 10.2. The van der Waals surface area contributed by atoms with Crippen LogP contribution in [0.15, 0.2) is 48.9 Å². The third-order valence-electron chi connectivity index (χ3n) is 2.98. The lowest BCUT2D eigenvalue weighted by Gasteiger charge is -2.05. The van der Waals surface area contributed by atoms with E-state index >= 15 is 0 Å². The minimum atomic E-state index is -0.235. The van der Waals surface area contributed by atoms with Crippen molar-refractivity contribution in [2.75, 3.05) is 5.32 Å². The molecule has 0 saturated heterocycles. The fourth-order valence-electron chi connectivity index (χ4n) is 1.88. The Morgan fingerprint density at radius 3 is 2.76 bits per heavy atom. The number of H-pyrrole nitrogens is 1. The number of aromatic nitrogens is 4. The zero-order valence-electron chi connectivity index (χ0n) is 11.4.